The number of rotatable bonds is 3. The van der Waals surface area contributed by atoms with Gasteiger partial charge in [0.25, 0.3) is 10.0 Å². The molecule has 2 N–H and O–H groups in total. The maximum Gasteiger partial charge on any atom is 0.417 e. The molecule has 128 valence electrons. The summed E-state index contributed by atoms with van der Waals surface area (Å²) in [7, 11) is -4.03. The first-order chi connectivity index (χ1) is 11.8. The zero-order valence-electron chi connectivity index (χ0n) is 12.0. The highest BCUT2D eigenvalue weighted by molar-refractivity contribution is 9.10. The van der Waals surface area contributed by atoms with Gasteiger partial charge in [-0.3, -0.25) is 9.71 Å². The highest BCUT2D eigenvalue weighted by Gasteiger charge is 2.26. The Morgan fingerprint density at radius 3 is 2.92 bits per heavy atom. The fourth-order valence-electron chi connectivity index (χ4n) is 2.38. The van der Waals surface area contributed by atoms with Crippen molar-refractivity contribution in [3.8, 4) is 0 Å². The predicted octanol–water partition coefficient (Wildman–Crippen LogP) is 3.95. The van der Waals surface area contributed by atoms with Crippen LogP contribution < -0.4 is 10.5 Å². The molecule has 0 bridgehead atoms. The minimum Gasteiger partial charge on any atom is -0.406 e. The lowest BCUT2D eigenvalue weighted by atomic mass is 10.3. The van der Waals surface area contributed by atoms with Crippen LogP contribution in [0.3, 0.4) is 0 Å². The van der Waals surface area contributed by atoms with Crippen molar-refractivity contribution in [3.63, 3.8) is 0 Å². The van der Waals surface area contributed by atoms with Gasteiger partial charge < -0.3 is 4.42 Å². The topological polar surface area (TPSA) is 105 Å². The van der Waals surface area contributed by atoms with Gasteiger partial charge in [-0.2, -0.15) is 0 Å². The second kappa shape index (κ2) is 5.84. The minimum atomic E-state index is -4.03. The molecule has 4 aromatic rings. The van der Waals surface area contributed by atoms with Crippen molar-refractivity contribution >= 4 is 75.9 Å². The summed E-state index contributed by atoms with van der Waals surface area (Å²) in [5, 5.41) is -0.186. The number of hydrogen-bond donors (Lipinski definition) is 2. The average molecular weight is 461 g/mol. The van der Waals surface area contributed by atoms with E-state index < -0.39 is 15.8 Å². The van der Waals surface area contributed by atoms with E-state index in [4.69, 9.17) is 16.0 Å². The van der Waals surface area contributed by atoms with Crippen LogP contribution in [0.2, 0.25) is 5.02 Å². The van der Waals surface area contributed by atoms with Gasteiger partial charge in [0, 0.05) is 4.47 Å². The number of fused-ring (bicyclic) bond motifs is 2. The molecule has 0 aliphatic carbocycles. The number of aromatic amines is 1. The smallest absolute Gasteiger partial charge is 0.406 e. The molecule has 0 saturated carbocycles. The maximum atomic E-state index is 12.8. The van der Waals surface area contributed by atoms with Gasteiger partial charge in [0.15, 0.2) is 5.58 Å². The zero-order valence-corrected chi connectivity index (χ0v) is 16.0. The van der Waals surface area contributed by atoms with E-state index in [1.165, 1.54) is 17.4 Å². The number of sulfonamides is 1. The van der Waals surface area contributed by atoms with E-state index >= 15 is 0 Å². The van der Waals surface area contributed by atoms with Crippen LogP contribution in [0.1, 0.15) is 0 Å². The molecule has 0 spiro atoms. The van der Waals surface area contributed by atoms with E-state index in [-0.39, 0.29) is 20.0 Å². The number of oxazole rings is 1. The number of nitrogens with zero attached hydrogens (tertiary/aromatic N) is 1. The molecule has 25 heavy (non-hydrogen) atoms. The van der Waals surface area contributed by atoms with Crippen molar-refractivity contribution in [3.05, 3.63) is 49.8 Å². The first kappa shape index (κ1) is 16.6. The monoisotopic (exact) mass is 459 g/mol. The molecule has 0 aliphatic rings. The minimum absolute atomic E-state index is 0.0202. The molecule has 0 radical (unpaired) electrons. The first-order valence-electron chi connectivity index (χ1n) is 6.72. The summed E-state index contributed by atoms with van der Waals surface area (Å²) in [6, 6.07) is 6.43. The summed E-state index contributed by atoms with van der Waals surface area (Å²) in [5.41, 5.74) is 3.11. The van der Waals surface area contributed by atoms with Gasteiger partial charge in [-0.15, -0.1) is 11.3 Å². The van der Waals surface area contributed by atoms with E-state index in [0.29, 0.717) is 11.2 Å². The van der Waals surface area contributed by atoms with Crippen molar-refractivity contribution in [2.75, 3.05) is 4.72 Å². The first-order valence-corrected chi connectivity index (χ1v) is 10.3. The van der Waals surface area contributed by atoms with Crippen LogP contribution in [0, 0.1) is 0 Å². The van der Waals surface area contributed by atoms with Gasteiger partial charge in [-0.05, 0) is 40.2 Å². The molecule has 0 fully saturated rings. The van der Waals surface area contributed by atoms with Crippen LogP contribution >= 0.6 is 38.9 Å². The van der Waals surface area contributed by atoms with E-state index in [2.05, 4.69) is 30.6 Å². The van der Waals surface area contributed by atoms with Crippen LogP contribution in [-0.2, 0) is 10.0 Å². The lowest BCUT2D eigenvalue weighted by Crippen LogP contribution is -2.14. The second-order valence-corrected chi connectivity index (χ2v) is 8.77. The van der Waals surface area contributed by atoms with Gasteiger partial charge in [-0.1, -0.05) is 11.6 Å². The van der Waals surface area contributed by atoms with Gasteiger partial charge >= 0.3 is 5.76 Å². The van der Waals surface area contributed by atoms with E-state index in [1.807, 2.05) is 0 Å². The second-order valence-electron chi connectivity index (χ2n) is 5.03. The Morgan fingerprint density at radius 1 is 1.32 bits per heavy atom. The van der Waals surface area contributed by atoms with Crippen LogP contribution in [0.15, 0.2) is 48.4 Å². The Labute approximate surface area is 157 Å². The molecule has 0 aliphatic heterocycles. The van der Waals surface area contributed by atoms with Crippen LogP contribution in [0.25, 0.3) is 21.3 Å². The molecule has 0 unspecified atom stereocenters. The lowest BCUT2D eigenvalue weighted by molar-refractivity contribution is 0.554. The molecular formula is C14H7BrClN3O4S2. The Morgan fingerprint density at radius 2 is 2.12 bits per heavy atom. The van der Waals surface area contributed by atoms with Gasteiger partial charge in [0.2, 0.25) is 0 Å². The van der Waals surface area contributed by atoms with E-state index in [1.54, 1.807) is 23.7 Å². The van der Waals surface area contributed by atoms with Crippen molar-refractivity contribution < 1.29 is 12.8 Å². The molecule has 2 aromatic carbocycles. The zero-order chi connectivity index (χ0) is 17.8. The average Bonchev–Trinajstić information content (AvgIpc) is 3.11. The van der Waals surface area contributed by atoms with Crippen molar-refractivity contribution in [2.45, 2.75) is 4.90 Å². The Balaban J connectivity index is 1.84. The number of thiazole rings is 1. The highest BCUT2D eigenvalue weighted by Crippen LogP contribution is 2.36. The number of aromatic nitrogens is 2. The van der Waals surface area contributed by atoms with Crippen LogP contribution in [0.5, 0.6) is 0 Å². The lowest BCUT2D eigenvalue weighted by Gasteiger charge is -2.11. The number of nitrogens with one attached hydrogen (secondary N) is 2. The molecule has 11 heteroatoms. The third kappa shape index (κ3) is 2.84. The normalized spacial score (nSPS) is 12.1. The van der Waals surface area contributed by atoms with Crippen molar-refractivity contribution in [2.24, 2.45) is 0 Å². The van der Waals surface area contributed by atoms with E-state index in [9.17, 15) is 13.2 Å². The Kier molecular flexibility index (Phi) is 3.87. The van der Waals surface area contributed by atoms with Gasteiger partial charge in [0.1, 0.15) is 9.92 Å². The molecule has 0 amide bonds. The molecule has 2 heterocycles. The maximum absolute atomic E-state index is 12.8. The fourth-order valence-corrected chi connectivity index (χ4v) is 6.00. The summed E-state index contributed by atoms with van der Waals surface area (Å²) in [6.07, 6.45) is 0. The standard InChI is InChI=1S/C14H7BrClN3O4S2/c15-7-4-9-12(23-14(20)18-9)11(16)13(7)25(21,22)19-6-1-2-8-10(3-6)24-5-17-8/h1-5,19H,(H,18,20). The molecule has 7 nitrogen and oxygen atoms in total. The number of hydrogen-bond acceptors (Lipinski definition) is 6. The largest absolute Gasteiger partial charge is 0.417 e. The van der Waals surface area contributed by atoms with Gasteiger partial charge in [-0.25, -0.2) is 18.2 Å². The fraction of sp³-hybridized carbons (Fsp3) is 0. The predicted molar refractivity (Wildman–Crippen MR) is 100.0 cm³/mol. The van der Waals surface area contributed by atoms with Gasteiger partial charge in [0.05, 0.1) is 26.9 Å². The van der Waals surface area contributed by atoms with E-state index in [0.717, 1.165) is 10.2 Å². The molecular weight excluding hydrogens is 454 g/mol. The summed E-state index contributed by atoms with van der Waals surface area (Å²) in [4.78, 5) is 17.7. The summed E-state index contributed by atoms with van der Waals surface area (Å²) >= 11 is 10.8. The third-order valence-corrected chi connectivity index (χ3v) is 7.03. The summed E-state index contributed by atoms with van der Waals surface area (Å²) in [6.45, 7) is 0. The number of benzene rings is 2. The molecule has 2 aromatic heterocycles. The third-order valence-electron chi connectivity index (χ3n) is 3.42. The molecule has 4 rings (SSSR count). The Hall–Kier alpha value is -1.88. The number of anilines is 1. The quantitative estimate of drug-likeness (QED) is 0.482. The summed E-state index contributed by atoms with van der Waals surface area (Å²) in [5.74, 6) is -0.720. The van der Waals surface area contributed by atoms with Crippen molar-refractivity contribution in [1.82, 2.24) is 9.97 Å². The Bertz CT molecular complexity index is 1290. The molecule has 0 saturated heterocycles. The number of halogens is 2. The summed E-state index contributed by atoms with van der Waals surface area (Å²) < 4.78 is 34.0. The SMILES string of the molecule is O=c1[nH]c2cc(Br)c(S(=O)(=O)Nc3ccc4ncsc4c3)c(Cl)c2o1. The molecule has 0 atom stereocenters. The van der Waals surface area contributed by atoms with Crippen LogP contribution in [-0.4, -0.2) is 18.4 Å². The highest BCUT2D eigenvalue weighted by atomic mass is 79.9. The van der Waals surface area contributed by atoms with Crippen molar-refractivity contribution in [1.29, 1.82) is 0 Å². The number of H-pyrrole nitrogens is 1. The van der Waals surface area contributed by atoms with Crippen LogP contribution in [0.4, 0.5) is 5.69 Å².